The first kappa shape index (κ1) is 31.5. The van der Waals surface area contributed by atoms with Crippen molar-refractivity contribution in [2.75, 3.05) is 11.5 Å². The van der Waals surface area contributed by atoms with Gasteiger partial charge in [0, 0.05) is 35.6 Å². The van der Waals surface area contributed by atoms with Gasteiger partial charge in [0.1, 0.15) is 57.5 Å². The molecule has 0 aliphatic carbocycles. The molecule has 0 saturated carbocycles. The van der Waals surface area contributed by atoms with Crippen molar-refractivity contribution in [3.8, 4) is 69.0 Å². The monoisotopic (exact) mass is 660 g/mol. The summed E-state index contributed by atoms with van der Waals surface area (Å²) in [6.07, 6.45) is 0. The van der Waals surface area contributed by atoms with E-state index in [-0.39, 0.29) is 0 Å². The molecule has 0 heterocycles. The quantitative estimate of drug-likeness (QED) is 0.125. The highest BCUT2D eigenvalue weighted by Crippen LogP contribution is 2.38. The molecule has 0 aliphatic rings. The summed E-state index contributed by atoms with van der Waals surface area (Å²) in [5, 5.41) is 0. The molecule has 0 spiro atoms. The lowest BCUT2D eigenvalue weighted by molar-refractivity contribution is 0.412. The summed E-state index contributed by atoms with van der Waals surface area (Å²) < 4.78 is 36.5. The minimum atomic E-state index is 0.537. The highest BCUT2D eigenvalue weighted by atomic mass is 16.5. The van der Waals surface area contributed by atoms with Gasteiger partial charge >= 0.3 is 0 Å². The molecule has 4 N–H and O–H groups in total. The number of rotatable bonds is 12. The van der Waals surface area contributed by atoms with Crippen LogP contribution in [0.15, 0.2) is 170 Å². The van der Waals surface area contributed by atoms with E-state index in [1.165, 1.54) is 0 Å². The maximum atomic E-state index is 6.26. The Morgan fingerprint density at radius 2 is 0.520 bits per heavy atom. The van der Waals surface area contributed by atoms with Gasteiger partial charge in [0.25, 0.3) is 0 Å². The van der Waals surface area contributed by atoms with E-state index < -0.39 is 0 Å². The van der Waals surface area contributed by atoms with Crippen molar-refractivity contribution >= 4 is 11.4 Å². The predicted octanol–water partition coefficient (Wildman–Crippen LogP) is 11.6. The van der Waals surface area contributed by atoms with E-state index in [9.17, 15) is 0 Å². The summed E-state index contributed by atoms with van der Waals surface area (Å²) in [6.45, 7) is 0. The first-order chi connectivity index (χ1) is 24.5. The SMILES string of the molecule is Nc1cccc(Oc2ccc(Oc3cccc(Oc4ccccc4Oc4cccc(Oc5ccc(Oc6cccc(N)c6)cc5)c4)c3)cc2)c1. The van der Waals surface area contributed by atoms with Crippen molar-refractivity contribution < 1.29 is 28.4 Å². The van der Waals surface area contributed by atoms with Crippen LogP contribution >= 0.6 is 0 Å². The van der Waals surface area contributed by atoms with Gasteiger partial charge in [-0.05, 0) is 109 Å². The molecule has 0 unspecified atom stereocenters. The normalized spacial score (nSPS) is 10.6. The minimum absolute atomic E-state index is 0.537. The van der Waals surface area contributed by atoms with Crippen LogP contribution in [0.5, 0.6) is 69.0 Å². The average Bonchev–Trinajstić information content (AvgIpc) is 3.11. The van der Waals surface area contributed by atoms with E-state index in [1.807, 2.05) is 158 Å². The van der Waals surface area contributed by atoms with E-state index in [2.05, 4.69) is 0 Å². The van der Waals surface area contributed by atoms with Crippen molar-refractivity contribution in [2.45, 2.75) is 0 Å². The van der Waals surface area contributed by atoms with Crippen molar-refractivity contribution in [1.82, 2.24) is 0 Å². The van der Waals surface area contributed by atoms with Crippen molar-refractivity contribution in [3.05, 3.63) is 170 Å². The lowest BCUT2D eigenvalue weighted by Crippen LogP contribution is -1.92. The van der Waals surface area contributed by atoms with Crippen molar-refractivity contribution in [3.63, 3.8) is 0 Å². The third-order valence-electron chi connectivity index (χ3n) is 7.22. The van der Waals surface area contributed by atoms with Gasteiger partial charge in [0.15, 0.2) is 11.5 Å². The lowest BCUT2D eigenvalue weighted by Gasteiger charge is -2.14. The standard InChI is InChI=1S/C42H32N2O6/c43-29-7-3-9-35(25-29)45-31-17-21-33(22-18-31)47-37-11-5-13-39(27-37)49-41-15-1-2-16-42(41)50-40-14-6-12-38(28-40)48-34-23-19-32(20-24-34)46-36-10-4-8-30(44)26-36/h1-28H,43-44H2. The fourth-order valence-electron chi connectivity index (χ4n) is 4.93. The van der Waals surface area contributed by atoms with Gasteiger partial charge < -0.3 is 39.9 Å². The molecule has 0 bridgehead atoms. The molecule has 246 valence electrons. The Morgan fingerprint density at radius 1 is 0.240 bits per heavy atom. The Kier molecular flexibility index (Phi) is 9.33. The molecule has 7 aromatic carbocycles. The summed E-state index contributed by atoms with van der Waals surface area (Å²) in [6, 6.07) is 51.5. The third-order valence-corrected chi connectivity index (χ3v) is 7.22. The minimum Gasteiger partial charge on any atom is -0.457 e. The molecular weight excluding hydrogens is 628 g/mol. The fraction of sp³-hybridized carbons (Fsp3) is 0. The van der Waals surface area contributed by atoms with Gasteiger partial charge in [0.05, 0.1) is 0 Å². The van der Waals surface area contributed by atoms with Gasteiger partial charge in [-0.3, -0.25) is 0 Å². The molecule has 0 amide bonds. The second kappa shape index (κ2) is 14.8. The predicted molar refractivity (Wildman–Crippen MR) is 194 cm³/mol. The first-order valence-corrected chi connectivity index (χ1v) is 15.8. The molecule has 0 atom stereocenters. The van der Waals surface area contributed by atoms with Crippen LogP contribution in [0.2, 0.25) is 0 Å². The van der Waals surface area contributed by atoms with Crippen LogP contribution in [0.4, 0.5) is 11.4 Å². The van der Waals surface area contributed by atoms with E-state index in [4.69, 9.17) is 39.9 Å². The summed E-state index contributed by atoms with van der Waals surface area (Å²) in [4.78, 5) is 0. The van der Waals surface area contributed by atoms with E-state index in [0.29, 0.717) is 80.4 Å². The Labute approximate surface area is 289 Å². The van der Waals surface area contributed by atoms with Crippen LogP contribution in [-0.4, -0.2) is 0 Å². The van der Waals surface area contributed by atoms with Crippen molar-refractivity contribution in [2.24, 2.45) is 0 Å². The molecule has 7 rings (SSSR count). The summed E-state index contributed by atoms with van der Waals surface area (Å²) in [5.74, 6) is 7.43. The third kappa shape index (κ3) is 8.44. The Hall–Kier alpha value is -7.06. The molecule has 8 nitrogen and oxygen atoms in total. The van der Waals surface area contributed by atoms with Gasteiger partial charge in [-0.25, -0.2) is 0 Å². The molecule has 0 aliphatic heterocycles. The van der Waals surface area contributed by atoms with Crippen LogP contribution in [0, 0.1) is 0 Å². The van der Waals surface area contributed by atoms with Crippen molar-refractivity contribution in [1.29, 1.82) is 0 Å². The zero-order chi connectivity index (χ0) is 34.1. The topological polar surface area (TPSA) is 107 Å². The number of hydrogen-bond donors (Lipinski definition) is 2. The maximum Gasteiger partial charge on any atom is 0.169 e. The van der Waals surface area contributed by atoms with Crippen LogP contribution < -0.4 is 39.9 Å². The van der Waals surface area contributed by atoms with E-state index in [0.717, 1.165) is 0 Å². The summed E-state index contributed by atoms with van der Waals surface area (Å²) in [7, 11) is 0. The molecule has 8 heteroatoms. The van der Waals surface area contributed by atoms with Gasteiger partial charge in [-0.15, -0.1) is 0 Å². The van der Waals surface area contributed by atoms with Gasteiger partial charge in [-0.2, -0.15) is 0 Å². The molecule has 7 aromatic rings. The molecule has 0 fully saturated rings. The van der Waals surface area contributed by atoms with E-state index in [1.54, 1.807) is 12.1 Å². The van der Waals surface area contributed by atoms with E-state index >= 15 is 0 Å². The summed E-state index contributed by atoms with van der Waals surface area (Å²) >= 11 is 0. The molecule has 0 radical (unpaired) electrons. The molecular formula is C42H32N2O6. The second-order valence-electron chi connectivity index (χ2n) is 11.1. The number of nitrogens with two attached hydrogens (primary N) is 2. The van der Waals surface area contributed by atoms with Crippen LogP contribution in [0.1, 0.15) is 0 Å². The molecule has 50 heavy (non-hydrogen) atoms. The molecule has 0 saturated heterocycles. The van der Waals surface area contributed by atoms with Crippen LogP contribution in [-0.2, 0) is 0 Å². The fourth-order valence-corrected chi connectivity index (χ4v) is 4.93. The second-order valence-corrected chi connectivity index (χ2v) is 11.1. The van der Waals surface area contributed by atoms with Gasteiger partial charge in [0.2, 0.25) is 0 Å². The highest BCUT2D eigenvalue weighted by Gasteiger charge is 2.10. The zero-order valence-electron chi connectivity index (χ0n) is 26.8. The number of benzene rings is 7. The number of nitrogen functional groups attached to an aromatic ring is 2. The highest BCUT2D eigenvalue weighted by molar-refractivity contribution is 5.50. The Morgan fingerprint density at radius 3 is 0.840 bits per heavy atom. The van der Waals surface area contributed by atoms with Gasteiger partial charge in [-0.1, -0.05) is 36.4 Å². The lowest BCUT2D eigenvalue weighted by atomic mass is 10.2. The number of para-hydroxylation sites is 2. The Bertz CT molecular complexity index is 2050. The smallest absolute Gasteiger partial charge is 0.169 e. The average molecular weight is 661 g/mol. The summed E-state index contributed by atoms with van der Waals surface area (Å²) in [5.41, 5.74) is 13.0. The number of hydrogen-bond acceptors (Lipinski definition) is 8. The number of anilines is 2. The number of ether oxygens (including phenoxy) is 6. The van der Waals surface area contributed by atoms with Crippen LogP contribution in [0.3, 0.4) is 0 Å². The first-order valence-electron chi connectivity index (χ1n) is 15.8. The Balaban J connectivity index is 0.977. The molecule has 0 aromatic heterocycles. The zero-order valence-corrected chi connectivity index (χ0v) is 26.8. The van der Waals surface area contributed by atoms with Crippen LogP contribution in [0.25, 0.3) is 0 Å². The maximum absolute atomic E-state index is 6.26. The largest absolute Gasteiger partial charge is 0.457 e.